The van der Waals surface area contributed by atoms with Crippen molar-refractivity contribution in [3.8, 4) is 10.6 Å². The molecule has 3 rings (SSSR count). The Labute approximate surface area is 126 Å². The fourth-order valence-corrected chi connectivity index (χ4v) is 3.87. The quantitative estimate of drug-likeness (QED) is 0.379. The van der Waals surface area contributed by atoms with Crippen LogP contribution in [-0.2, 0) is 0 Å². The van der Waals surface area contributed by atoms with E-state index in [0.29, 0.717) is 0 Å². The summed E-state index contributed by atoms with van der Waals surface area (Å²) < 4.78 is 2.28. The van der Waals surface area contributed by atoms with Crippen LogP contribution in [0.15, 0.2) is 35.6 Å². The lowest BCUT2D eigenvalue weighted by Crippen LogP contribution is -1.82. The van der Waals surface area contributed by atoms with Gasteiger partial charge in [-0.3, -0.25) is 0 Å². The van der Waals surface area contributed by atoms with Gasteiger partial charge in [-0.25, -0.2) is 15.0 Å². The van der Waals surface area contributed by atoms with Gasteiger partial charge >= 0.3 is 0 Å². The molecule has 0 aliphatic heterocycles. The van der Waals surface area contributed by atoms with Crippen molar-refractivity contribution in [1.29, 1.82) is 0 Å². The van der Waals surface area contributed by atoms with E-state index in [1.54, 1.807) is 29.4 Å². The number of hydrogen-bond acceptors (Lipinski definition) is 5. The van der Waals surface area contributed by atoms with Gasteiger partial charge in [0, 0.05) is 9.13 Å². The van der Waals surface area contributed by atoms with Crippen molar-refractivity contribution in [2.45, 2.75) is 5.03 Å². The highest BCUT2D eigenvalue weighted by Crippen LogP contribution is 2.33. The van der Waals surface area contributed by atoms with Crippen molar-refractivity contribution in [3.63, 3.8) is 0 Å². The number of rotatable bonds is 2. The number of hydrogen-bond donors (Lipinski definition) is 0. The van der Waals surface area contributed by atoms with Crippen LogP contribution < -0.4 is 0 Å². The predicted molar refractivity (Wildman–Crippen MR) is 85.1 cm³/mol. The fourth-order valence-electron chi connectivity index (χ4n) is 1.62. The summed E-state index contributed by atoms with van der Waals surface area (Å²) in [5.41, 5.74) is 1.92. The van der Waals surface area contributed by atoms with Gasteiger partial charge in [0.2, 0.25) is 0 Å². The predicted octanol–water partition coefficient (Wildman–Crippen LogP) is 4.08. The van der Waals surface area contributed by atoms with E-state index in [1.807, 2.05) is 12.3 Å². The zero-order chi connectivity index (χ0) is 12.5. The van der Waals surface area contributed by atoms with Crippen LogP contribution >= 0.6 is 45.7 Å². The van der Waals surface area contributed by atoms with Crippen molar-refractivity contribution in [2.75, 3.05) is 6.26 Å². The summed E-state index contributed by atoms with van der Waals surface area (Å²) in [4.78, 5) is 13.1. The average Bonchev–Trinajstić information content (AvgIpc) is 2.82. The molecule has 0 unspecified atom stereocenters. The van der Waals surface area contributed by atoms with Crippen LogP contribution in [0.2, 0.25) is 0 Å². The van der Waals surface area contributed by atoms with Gasteiger partial charge in [-0.15, -0.1) is 23.1 Å². The Kier molecular flexibility index (Phi) is 3.49. The van der Waals surface area contributed by atoms with E-state index in [9.17, 15) is 0 Å². The molecule has 90 valence electrons. The highest BCUT2D eigenvalue weighted by molar-refractivity contribution is 14.1. The number of thioether (sulfide) groups is 1. The van der Waals surface area contributed by atoms with Crippen molar-refractivity contribution >= 4 is 56.0 Å². The molecule has 0 aliphatic carbocycles. The van der Waals surface area contributed by atoms with E-state index in [-0.39, 0.29) is 0 Å². The normalized spacial score (nSPS) is 11.0. The van der Waals surface area contributed by atoms with Gasteiger partial charge < -0.3 is 0 Å². The van der Waals surface area contributed by atoms with E-state index >= 15 is 0 Å². The van der Waals surface area contributed by atoms with E-state index in [4.69, 9.17) is 0 Å². The molecular formula is C12H8IN3S2. The van der Waals surface area contributed by atoms with Crippen LogP contribution in [0, 0.1) is 3.57 Å². The first-order chi connectivity index (χ1) is 8.78. The number of aromatic nitrogens is 3. The Morgan fingerprint density at radius 3 is 2.94 bits per heavy atom. The van der Waals surface area contributed by atoms with Crippen LogP contribution in [0.25, 0.3) is 20.9 Å². The van der Waals surface area contributed by atoms with Gasteiger partial charge in [-0.2, -0.15) is 0 Å². The molecule has 0 radical (unpaired) electrons. The molecule has 0 N–H and O–H groups in total. The first-order valence-corrected chi connectivity index (χ1v) is 8.31. The summed E-state index contributed by atoms with van der Waals surface area (Å²) >= 11 is 5.59. The molecule has 0 amide bonds. The Morgan fingerprint density at radius 1 is 1.28 bits per heavy atom. The summed E-state index contributed by atoms with van der Waals surface area (Å²) in [6.07, 6.45) is 3.60. The Balaban J connectivity index is 2.19. The molecule has 3 aromatic rings. The largest absolute Gasteiger partial charge is 0.228 e. The maximum atomic E-state index is 4.58. The summed E-state index contributed by atoms with van der Waals surface area (Å²) in [5.74, 6) is 0. The second-order valence-corrected chi connectivity index (χ2v) is 6.60. The van der Waals surface area contributed by atoms with Gasteiger partial charge in [-0.1, -0.05) is 12.1 Å². The summed E-state index contributed by atoms with van der Waals surface area (Å²) in [6.45, 7) is 0. The minimum atomic E-state index is 0.785. The standard InChI is InChI=1S/C12H8IN3S2/c1-17-12-9-10(14-6-15-12)16-11(18-9)7-3-2-4-8(13)5-7/h2-6H,1H3. The molecule has 6 heteroatoms. The zero-order valence-electron chi connectivity index (χ0n) is 9.42. The third-order valence-electron chi connectivity index (χ3n) is 2.42. The Hall–Kier alpha value is -0.730. The van der Waals surface area contributed by atoms with Gasteiger partial charge in [0.15, 0.2) is 5.65 Å². The van der Waals surface area contributed by atoms with Gasteiger partial charge in [0.25, 0.3) is 0 Å². The van der Waals surface area contributed by atoms with Crippen LogP contribution in [0.3, 0.4) is 0 Å². The first kappa shape index (κ1) is 12.3. The molecule has 0 bridgehead atoms. The third kappa shape index (κ3) is 2.24. The number of nitrogens with zero attached hydrogens (tertiary/aromatic N) is 3. The summed E-state index contributed by atoms with van der Waals surface area (Å²) in [5, 5.41) is 1.99. The molecule has 18 heavy (non-hydrogen) atoms. The molecule has 2 heterocycles. The van der Waals surface area contributed by atoms with E-state index in [1.165, 1.54) is 3.57 Å². The van der Waals surface area contributed by atoms with Crippen molar-refractivity contribution in [3.05, 3.63) is 34.2 Å². The smallest absolute Gasteiger partial charge is 0.175 e. The maximum absolute atomic E-state index is 4.58. The molecule has 0 fully saturated rings. The Bertz CT molecular complexity index is 711. The number of fused-ring (bicyclic) bond motifs is 1. The monoisotopic (exact) mass is 385 g/mol. The maximum Gasteiger partial charge on any atom is 0.175 e. The Morgan fingerprint density at radius 2 is 2.17 bits per heavy atom. The second kappa shape index (κ2) is 5.10. The molecule has 2 aromatic heterocycles. The van der Waals surface area contributed by atoms with Gasteiger partial charge in [-0.05, 0) is 41.0 Å². The molecule has 0 aliphatic rings. The molecule has 1 aromatic carbocycles. The summed E-state index contributed by atoms with van der Waals surface area (Å²) in [7, 11) is 0. The molecule has 0 spiro atoms. The molecule has 3 nitrogen and oxygen atoms in total. The number of benzene rings is 1. The van der Waals surface area contributed by atoms with Crippen LogP contribution in [0.1, 0.15) is 0 Å². The average molecular weight is 385 g/mol. The SMILES string of the molecule is CSc1ncnc2nc(-c3cccc(I)c3)sc12. The number of thiazole rings is 1. The minimum Gasteiger partial charge on any atom is -0.228 e. The van der Waals surface area contributed by atoms with E-state index < -0.39 is 0 Å². The van der Waals surface area contributed by atoms with Crippen LogP contribution in [0.5, 0.6) is 0 Å². The fraction of sp³-hybridized carbons (Fsp3) is 0.0833. The van der Waals surface area contributed by atoms with E-state index in [0.717, 1.165) is 25.9 Å². The second-order valence-electron chi connectivity index (χ2n) is 3.57. The highest BCUT2D eigenvalue weighted by Gasteiger charge is 2.11. The number of halogens is 1. The molecule has 0 saturated carbocycles. The minimum absolute atomic E-state index is 0.785. The molecule has 0 atom stereocenters. The highest BCUT2D eigenvalue weighted by atomic mass is 127. The van der Waals surface area contributed by atoms with Gasteiger partial charge in [0.05, 0.1) is 0 Å². The topological polar surface area (TPSA) is 38.7 Å². The third-order valence-corrected chi connectivity index (χ3v) is 5.02. The summed E-state index contributed by atoms with van der Waals surface area (Å²) in [6, 6.07) is 8.32. The van der Waals surface area contributed by atoms with Crippen molar-refractivity contribution < 1.29 is 0 Å². The van der Waals surface area contributed by atoms with Crippen LogP contribution in [-0.4, -0.2) is 21.2 Å². The van der Waals surface area contributed by atoms with Crippen molar-refractivity contribution in [2.24, 2.45) is 0 Å². The van der Waals surface area contributed by atoms with Gasteiger partial charge in [0.1, 0.15) is 21.1 Å². The molecular weight excluding hydrogens is 377 g/mol. The lowest BCUT2D eigenvalue weighted by atomic mass is 10.2. The van der Waals surface area contributed by atoms with Crippen molar-refractivity contribution in [1.82, 2.24) is 15.0 Å². The lowest BCUT2D eigenvalue weighted by Gasteiger charge is -1.95. The first-order valence-electron chi connectivity index (χ1n) is 5.19. The zero-order valence-corrected chi connectivity index (χ0v) is 13.2. The van der Waals surface area contributed by atoms with Crippen LogP contribution in [0.4, 0.5) is 0 Å². The molecule has 0 saturated heterocycles. The lowest BCUT2D eigenvalue weighted by molar-refractivity contribution is 1.10. The van der Waals surface area contributed by atoms with E-state index in [2.05, 4.69) is 55.7 Å².